The van der Waals surface area contributed by atoms with Crippen LogP contribution in [0.15, 0.2) is 69.9 Å². The van der Waals surface area contributed by atoms with E-state index in [4.69, 9.17) is 13.9 Å². The minimum Gasteiger partial charge on any atom is -0.493 e. The van der Waals surface area contributed by atoms with E-state index in [1.807, 2.05) is 37.3 Å². The minimum atomic E-state index is -0.697. The van der Waals surface area contributed by atoms with E-state index in [0.717, 1.165) is 16.5 Å². The van der Waals surface area contributed by atoms with Crippen LogP contribution >= 0.6 is 0 Å². The fourth-order valence-corrected chi connectivity index (χ4v) is 4.62. The number of hydrogen-bond acceptors (Lipinski definition) is 8. The van der Waals surface area contributed by atoms with Crippen molar-refractivity contribution in [2.24, 2.45) is 0 Å². The highest BCUT2D eigenvalue weighted by Crippen LogP contribution is 2.35. The first kappa shape index (κ1) is 28.3. The predicted octanol–water partition coefficient (Wildman–Crippen LogP) is 5.02. The van der Waals surface area contributed by atoms with E-state index < -0.39 is 16.6 Å². The van der Waals surface area contributed by atoms with Crippen molar-refractivity contribution in [2.75, 3.05) is 26.6 Å². The summed E-state index contributed by atoms with van der Waals surface area (Å²) < 4.78 is 16.0. The molecule has 0 bridgehead atoms. The summed E-state index contributed by atoms with van der Waals surface area (Å²) in [6.45, 7) is 3.65. The van der Waals surface area contributed by atoms with E-state index in [9.17, 15) is 19.7 Å². The topological polar surface area (TPSA) is 124 Å². The fourth-order valence-electron chi connectivity index (χ4n) is 4.62. The Morgan fingerprint density at radius 1 is 1.02 bits per heavy atom. The number of nitro groups is 1. The third-order valence-electron chi connectivity index (χ3n) is 7.03. The second-order valence-corrected chi connectivity index (χ2v) is 9.55. The van der Waals surface area contributed by atoms with Gasteiger partial charge in [-0.1, -0.05) is 30.3 Å². The first-order valence-electron chi connectivity index (χ1n) is 12.6. The molecule has 1 atom stereocenters. The fraction of sp³-hybridized carbons (Fsp3) is 0.267. The molecule has 10 nitrogen and oxygen atoms in total. The molecule has 0 aliphatic heterocycles. The summed E-state index contributed by atoms with van der Waals surface area (Å²) in [6.07, 6.45) is 0.352. The van der Waals surface area contributed by atoms with Gasteiger partial charge in [0.2, 0.25) is 5.91 Å². The Morgan fingerprint density at radius 3 is 2.35 bits per heavy atom. The Balaban J connectivity index is 1.67. The van der Waals surface area contributed by atoms with E-state index >= 15 is 0 Å². The number of methoxy groups -OCH3 is 2. The number of fused-ring (bicyclic) bond motifs is 1. The van der Waals surface area contributed by atoms with Crippen LogP contribution in [0.4, 0.5) is 11.4 Å². The number of benzene rings is 3. The van der Waals surface area contributed by atoms with Crippen LogP contribution in [0.3, 0.4) is 0 Å². The van der Waals surface area contributed by atoms with Crippen LogP contribution in [-0.2, 0) is 17.8 Å². The lowest BCUT2D eigenvalue weighted by Gasteiger charge is -2.27. The van der Waals surface area contributed by atoms with Gasteiger partial charge in [-0.2, -0.15) is 0 Å². The van der Waals surface area contributed by atoms with E-state index in [1.54, 1.807) is 43.1 Å². The molecule has 0 spiro atoms. The predicted molar refractivity (Wildman–Crippen MR) is 152 cm³/mol. The summed E-state index contributed by atoms with van der Waals surface area (Å²) in [5, 5.41) is 15.6. The van der Waals surface area contributed by atoms with E-state index in [-0.39, 0.29) is 23.9 Å². The standard InChI is InChI=1S/C30H31N3O7/c1-18-19(2)30(35)40-26-15-22(11-12-23(18)26)31-29(34)25(13-20-9-7-6-8-10-20)32(3)17-21-14-27(38-4)28(39-5)16-24(21)33(36)37/h6-12,14-16,25H,13,17H2,1-5H3,(H,31,34)/t25-/m0/s1. The quantitative estimate of drug-likeness (QED) is 0.167. The average Bonchev–Trinajstić information content (AvgIpc) is 2.94. The number of nitro benzene ring substituents is 1. The van der Waals surface area contributed by atoms with Crippen molar-refractivity contribution in [2.45, 2.75) is 32.9 Å². The van der Waals surface area contributed by atoms with Gasteiger partial charge in [0.1, 0.15) is 5.58 Å². The van der Waals surface area contributed by atoms with Crippen molar-refractivity contribution in [1.82, 2.24) is 4.90 Å². The Bertz CT molecular complexity index is 1620. The smallest absolute Gasteiger partial charge is 0.339 e. The van der Waals surface area contributed by atoms with Gasteiger partial charge in [0, 0.05) is 34.8 Å². The summed E-state index contributed by atoms with van der Waals surface area (Å²) in [5.74, 6) is 0.274. The highest BCUT2D eigenvalue weighted by molar-refractivity contribution is 5.97. The van der Waals surface area contributed by atoms with Gasteiger partial charge < -0.3 is 19.2 Å². The Morgan fingerprint density at radius 2 is 1.70 bits per heavy atom. The monoisotopic (exact) mass is 545 g/mol. The molecule has 208 valence electrons. The molecule has 1 aromatic heterocycles. The molecule has 4 rings (SSSR count). The number of aryl methyl sites for hydroxylation is 1. The number of carbonyl (C=O) groups is 1. The van der Waals surface area contributed by atoms with E-state index in [1.165, 1.54) is 20.3 Å². The van der Waals surface area contributed by atoms with Crippen LogP contribution in [-0.4, -0.2) is 43.0 Å². The zero-order chi connectivity index (χ0) is 29.0. The van der Waals surface area contributed by atoms with Gasteiger partial charge in [-0.25, -0.2) is 4.79 Å². The maximum absolute atomic E-state index is 13.7. The zero-order valence-electron chi connectivity index (χ0n) is 23.0. The number of amides is 1. The highest BCUT2D eigenvalue weighted by Gasteiger charge is 2.28. The lowest BCUT2D eigenvalue weighted by Crippen LogP contribution is -2.43. The van der Waals surface area contributed by atoms with Crippen LogP contribution in [0.2, 0.25) is 0 Å². The van der Waals surface area contributed by atoms with Gasteiger partial charge in [-0.15, -0.1) is 0 Å². The van der Waals surface area contributed by atoms with Gasteiger partial charge in [0.25, 0.3) is 5.69 Å². The average molecular weight is 546 g/mol. The summed E-state index contributed by atoms with van der Waals surface area (Å²) in [5.41, 5.74) is 2.93. The number of rotatable bonds is 10. The first-order valence-corrected chi connectivity index (χ1v) is 12.6. The van der Waals surface area contributed by atoms with Gasteiger partial charge in [0.15, 0.2) is 11.5 Å². The molecule has 0 fully saturated rings. The summed E-state index contributed by atoms with van der Waals surface area (Å²) >= 11 is 0. The van der Waals surface area contributed by atoms with Crippen molar-refractivity contribution < 1.29 is 23.6 Å². The third-order valence-corrected chi connectivity index (χ3v) is 7.03. The molecule has 0 unspecified atom stereocenters. The number of likely N-dealkylation sites (N-methyl/N-ethyl adjacent to an activating group) is 1. The normalized spacial score (nSPS) is 11.8. The molecule has 0 saturated heterocycles. The molecular formula is C30H31N3O7. The van der Waals surface area contributed by atoms with Crippen molar-refractivity contribution in [1.29, 1.82) is 0 Å². The number of hydrogen-bond donors (Lipinski definition) is 1. The number of nitrogens with zero attached hydrogens (tertiary/aromatic N) is 2. The molecule has 1 heterocycles. The van der Waals surface area contributed by atoms with Crippen molar-refractivity contribution in [3.8, 4) is 11.5 Å². The summed E-state index contributed by atoms with van der Waals surface area (Å²) in [6, 6.07) is 16.9. The molecular weight excluding hydrogens is 514 g/mol. The number of nitrogens with one attached hydrogen (secondary N) is 1. The molecule has 10 heteroatoms. The van der Waals surface area contributed by atoms with Gasteiger partial charge in [0.05, 0.1) is 31.3 Å². The van der Waals surface area contributed by atoms with Crippen LogP contribution in [0, 0.1) is 24.0 Å². The van der Waals surface area contributed by atoms with Gasteiger partial charge in [-0.3, -0.25) is 19.8 Å². The summed E-state index contributed by atoms with van der Waals surface area (Å²) in [4.78, 5) is 39.0. The molecule has 1 amide bonds. The Kier molecular flexibility index (Phi) is 8.49. The van der Waals surface area contributed by atoms with E-state index in [2.05, 4.69) is 5.32 Å². The number of anilines is 1. The third kappa shape index (κ3) is 5.97. The molecule has 0 aliphatic carbocycles. The first-order chi connectivity index (χ1) is 19.1. The van der Waals surface area contributed by atoms with Crippen LogP contribution in [0.1, 0.15) is 22.3 Å². The van der Waals surface area contributed by atoms with Gasteiger partial charge in [-0.05, 0) is 56.6 Å². The lowest BCUT2D eigenvalue weighted by molar-refractivity contribution is -0.385. The Labute approximate surface area is 231 Å². The summed E-state index contributed by atoms with van der Waals surface area (Å²) in [7, 11) is 4.60. The van der Waals surface area contributed by atoms with Gasteiger partial charge >= 0.3 is 5.63 Å². The molecule has 0 saturated carbocycles. The van der Waals surface area contributed by atoms with Crippen LogP contribution in [0.25, 0.3) is 11.0 Å². The second-order valence-electron chi connectivity index (χ2n) is 9.55. The molecule has 40 heavy (non-hydrogen) atoms. The molecule has 0 radical (unpaired) electrons. The highest BCUT2D eigenvalue weighted by atomic mass is 16.6. The van der Waals surface area contributed by atoms with Crippen molar-refractivity contribution in [3.05, 3.63) is 103 Å². The second kappa shape index (κ2) is 12.0. The number of ether oxygens (including phenoxy) is 2. The lowest BCUT2D eigenvalue weighted by atomic mass is 10.0. The zero-order valence-corrected chi connectivity index (χ0v) is 23.0. The van der Waals surface area contributed by atoms with Crippen LogP contribution < -0.4 is 20.4 Å². The molecule has 3 aromatic carbocycles. The van der Waals surface area contributed by atoms with Crippen molar-refractivity contribution in [3.63, 3.8) is 0 Å². The molecule has 1 N–H and O–H groups in total. The maximum atomic E-state index is 13.7. The SMILES string of the molecule is COc1cc(CN(C)[C@@H](Cc2ccccc2)C(=O)Nc2ccc3c(C)c(C)c(=O)oc3c2)c([N+](=O)[O-])cc1OC. The largest absolute Gasteiger partial charge is 0.493 e. The molecule has 4 aromatic rings. The van der Waals surface area contributed by atoms with Crippen LogP contribution in [0.5, 0.6) is 11.5 Å². The van der Waals surface area contributed by atoms with E-state index in [0.29, 0.717) is 34.6 Å². The number of carbonyl (C=O) groups excluding carboxylic acids is 1. The Hall–Kier alpha value is -4.70. The maximum Gasteiger partial charge on any atom is 0.339 e. The molecule has 0 aliphatic rings. The van der Waals surface area contributed by atoms with Crippen molar-refractivity contribution >= 4 is 28.3 Å². The minimum absolute atomic E-state index is 0.0899.